The first kappa shape index (κ1) is 16.6. The van der Waals surface area contributed by atoms with E-state index < -0.39 is 10.0 Å². The van der Waals surface area contributed by atoms with E-state index in [2.05, 4.69) is 10.0 Å². The molecular formula is C18H14N2O4S2. The van der Waals surface area contributed by atoms with Crippen LogP contribution in [0.25, 0.3) is 0 Å². The molecule has 0 aliphatic carbocycles. The fraction of sp³-hybridized carbons (Fsp3) is 0.0556. The average Bonchev–Trinajstić information content (AvgIpc) is 2.99. The molecule has 0 fully saturated rings. The van der Waals surface area contributed by atoms with E-state index >= 15 is 0 Å². The second-order valence-corrected chi connectivity index (χ2v) is 8.93. The van der Waals surface area contributed by atoms with E-state index in [1.54, 1.807) is 42.5 Å². The average molecular weight is 386 g/mol. The number of amides is 1. The quantitative estimate of drug-likeness (QED) is 0.706. The number of benzene rings is 2. The van der Waals surface area contributed by atoms with Crippen LogP contribution >= 0.6 is 11.3 Å². The highest BCUT2D eigenvalue weighted by Crippen LogP contribution is 2.36. The Morgan fingerprint density at radius 1 is 1.04 bits per heavy atom. The van der Waals surface area contributed by atoms with Gasteiger partial charge in [0.15, 0.2) is 5.75 Å². The van der Waals surface area contributed by atoms with Crippen LogP contribution in [0.5, 0.6) is 11.5 Å². The number of hydrogen-bond donors (Lipinski definition) is 2. The number of ether oxygens (including phenoxy) is 1. The Kier molecular flexibility index (Phi) is 3.93. The number of rotatable bonds is 3. The van der Waals surface area contributed by atoms with Gasteiger partial charge in [-0.25, -0.2) is 8.42 Å². The Morgan fingerprint density at radius 2 is 1.85 bits per heavy atom. The van der Waals surface area contributed by atoms with Gasteiger partial charge in [-0.3, -0.25) is 9.52 Å². The zero-order valence-electron chi connectivity index (χ0n) is 13.6. The topological polar surface area (TPSA) is 84.5 Å². The van der Waals surface area contributed by atoms with Crippen molar-refractivity contribution in [3.8, 4) is 11.5 Å². The number of aryl methyl sites for hydroxylation is 1. The van der Waals surface area contributed by atoms with Crippen molar-refractivity contribution in [2.75, 3.05) is 10.0 Å². The molecule has 1 amide bonds. The molecule has 0 radical (unpaired) electrons. The zero-order valence-corrected chi connectivity index (χ0v) is 15.3. The van der Waals surface area contributed by atoms with Crippen molar-refractivity contribution in [1.82, 2.24) is 0 Å². The Bertz CT molecular complexity index is 1120. The van der Waals surface area contributed by atoms with Crippen LogP contribution in [-0.4, -0.2) is 14.3 Å². The molecule has 0 atom stereocenters. The van der Waals surface area contributed by atoms with Crippen molar-refractivity contribution in [1.29, 1.82) is 0 Å². The van der Waals surface area contributed by atoms with Crippen molar-refractivity contribution in [2.24, 2.45) is 0 Å². The first-order valence-corrected chi connectivity index (χ1v) is 10.0. The van der Waals surface area contributed by atoms with Crippen LogP contribution in [0.3, 0.4) is 0 Å². The molecule has 0 saturated carbocycles. The molecule has 2 heterocycles. The molecule has 0 bridgehead atoms. The molecule has 2 N–H and O–H groups in total. The predicted octanol–water partition coefficient (Wildman–Crippen LogP) is 4.22. The summed E-state index contributed by atoms with van der Waals surface area (Å²) < 4.78 is 33.5. The molecule has 4 rings (SSSR count). The molecule has 0 spiro atoms. The van der Waals surface area contributed by atoms with Crippen molar-refractivity contribution >= 4 is 38.6 Å². The van der Waals surface area contributed by atoms with Crippen LogP contribution in [0.4, 0.5) is 11.4 Å². The fourth-order valence-electron chi connectivity index (χ4n) is 2.59. The van der Waals surface area contributed by atoms with Crippen molar-refractivity contribution in [3.63, 3.8) is 0 Å². The predicted molar refractivity (Wildman–Crippen MR) is 101 cm³/mol. The lowest BCUT2D eigenvalue weighted by atomic mass is 10.1. The number of carbonyl (C=O) groups is 1. The Morgan fingerprint density at radius 3 is 2.62 bits per heavy atom. The van der Waals surface area contributed by atoms with Gasteiger partial charge in [0, 0.05) is 10.6 Å². The third kappa shape index (κ3) is 3.04. The van der Waals surface area contributed by atoms with Crippen LogP contribution in [-0.2, 0) is 10.0 Å². The maximum Gasteiger partial charge on any atom is 0.271 e. The highest BCUT2D eigenvalue weighted by molar-refractivity contribution is 7.94. The van der Waals surface area contributed by atoms with E-state index in [9.17, 15) is 13.2 Å². The molecule has 1 aromatic heterocycles. The first-order valence-electron chi connectivity index (χ1n) is 7.74. The molecule has 8 heteroatoms. The van der Waals surface area contributed by atoms with Crippen LogP contribution in [0.1, 0.15) is 15.2 Å². The summed E-state index contributed by atoms with van der Waals surface area (Å²) in [5, 5.41) is 2.76. The lowest BCUT2D eigenvalue weighted by Gasteiger charge is -2.10. The summed E-state index contributed by atoms with van der Waals surface area (Å²) in [4.78, 5) is 13.4. The summed E-state index contributed by atoms with van der Waals surface area (Å²) in [6.07, 6.45) is 0. The van der Waals surface area contributed by atoms with Gasteiger partial charge in [-0.1, -0.05) is 12.1 Å². The number of nitrogens with one attached hydrogen (secondary N) is 2. The van der Waals surface area contributed by atoms with Crippen LogP contribution in [0, 0.1) is 6.92 Å². The van der Waals surface area contributed by atoms with Gasteiger partial charge in [0.25, 0.3) is 15.9 Å². The molecule has 26 heavy (non-hydrogen) atoms. The number of para-hydroxylation sites is 2. The molecule has 0 saturated heterocycles. The number of carbonyl (C=O) groups excluding carboxylic acids is 1. The standard InChI is InChI=1S/C18H14N2O4S2/c1-11-6-9-17(25-11)26(22,23)20-12-7-8-15-13(10-12)18(21)19-14-4-2-3-5-16(14)24-15/h2-10,20H,1H3,(H,19,21). The Balaban J connectivity index is 1.68. The first-order chi connectivity index (χ1) is 12.4. The minimum atomic E-state index is -3.70. The van der Waals surface area contributed by atoms with E-state index in [1.165, 1.54) is 17.4 Å². The third-order valence-electron chi connectivity index (χ3n) is 3.81. The minimum absolute atomic E-state index is 0.220. The molecule has 3 aromatic rings. The SMILES string of the molecule is Cc1ccc(S(=O)(=O)Nc2ccc3c(c2)C(=O)Nc2ccccc2O3)s1. The van der Waals surface area contributed by atoms with Gasteiger partial charge in [0.05, 0.1) is 11.3 Å². The minimum Gasteiger partial charge on any atom is -0.454 e. The largest absolute Gasteiger partial charge is 0.454 e. The number of hydrogen-bond acceptors (Lipinski definition) is 5. The lowest BCUT2D eigenvalue weighted by molar-refractivity contribution is 0.102. The molecule has 132 valence electrons. The number of sulfonamides is 1. The monoisotopic (exact) mass is 386 g/mol. The van der Waals surface area contributed by atoms with Gasteiger partial charge in [0.1, 0.15) is 9.96 Å². The maximum absolute atomic E-state index is 12.5. The highest BCUT2D eigenvalue weighted by Gasteiger charge is 2.22. The summed E-state index contributed by atoms with van der Waals surface area (Å²) >= 11 is 1.18. The van der Waals surface area contributed by atoms with Gasteiger partial charge < -0.3 is 10.1 Å². The smallest absolute Gasteiger partial charge is 0.271 e. The molecule has 6 nitrogen and oxygen atoms in total. The third-order valence-corrected chi connectivity index (χ3v) is 6.69. The maximum atomic E-state index is 12.5. The Labute approximate surface area is 154 Å². The van der Waals surface area contributed by atoms with Crippen molar-refractivity contribution in [3.05, 3.63) is 65.0 Å². The summed E-state index contributed by atoms with van der Waals surface area (Å²) in [5.41, 5.74) is 1.10. The normalized spacial score (nSPS) is 13.0. The number of anilines is 2. The summed E-state index contributed by atoms with van der Waals surface area (Å²) in [6, 6.07) is 15.0. The van der Waals surface area contributed by atoms with Gasteiger partial charge in [-0.05, 0) is 49.4 Å². The van der Waals surface area contributed by atoms with Gasteiger partial charge in [0.2, 0.25) is 0 Å². The van der Waals surface area contributed by atoms with E-state index in [1.807, 2.05) is 13.0 Å². The van der Waals surface area contributed by atoms with E-state index in [4.69, 9.17) is 4.74 Å². The van der Waals surface area contributed by atoms with Crippen LogP contribution in [0.2, 0.25) is 0 Å². The zero-order chi connectivity index (χ0) is 18.3. The van der Waals surface area contributed by atoms with Crippen LogP contribution < -0.4 is 14.8 Å². The fourth-order valence-corrected chi connectivity index (χ4v) is 4.92. The van der Waals surface area contributed by atoms with Crippen molar-refractivity contribution in [2.45, 2.75) is 11.1 Å². The van der Waals surface area contributed by atoms with Crippen LogP contribution in [0.15, 0.2) is 58.8 Å². The molecule has 0 unspecified atom stereocenters. The molecule has 1 aliphatic heterocycles. The summed E-state index contributed by atoms with van der Waals surface area (Å²) in [7, 11) is -3.70. The second-order valence-electron chi connectivity index (χ2n) is 5.73. The number of thiophene rings is 1. The molecule has 2 aromatic carbocycles. The van der Waals surface area contributed by atoms with Gasteiger partial charge >= 0.3 is 0 Å². The molecular weight excluding hydrogens is 372 g/mol. The summed E-state index contributed by atoms with van der Waals surface area (Å²) in [5.74, 6) is 0.530. The number of fused-ring (bicyclic) bond motifs is 2. The molecule has 1 aliphatic rings. The summed E-state index contributed by atoms with van der Waals surface area (Å²) in [6.45, 7) is 1.84. The van der Waals surface area contributed by atoms with Crippen molar-refractivity contribution < 1.29 is 17.9 Å². The highest BCUT2D eigenvalue weighted by atomic mass is 32.2. The van der Waals surface area contributed by atoms with Gasteiger partial charge in [-0.2, -0.15) is 0 Å². The Hall–Kier alpha value is -2.84. The van der Waals surface area contributed by atoms with Gasteiger partial charge in [-0.15, -0.1) is 11.3 Å². The van der Waals surface area contributed by atoms with E-state index in [0.29, 0.717) is 22.9 Å². The lowest BCUT2D eigenvalue weighted by Crippen LogP contribution is -2.14. The van der Waals surface area contributed by atoms with E-state index in [0.717, 1.165) is 4.88 Å². The van der Waals surface area contributed by atoms with E-state index in [-0.39, 0.29) is 15.7 Å². The second kappa shape index (κ2) is 6.15.